The van der Waals surface area contributed by atoms with E-state index in [9.17, 15) is 14.4 Å². The van der Waals surface area contributed by atoms with E-state index >= 15 is 0 Å². The van der Waals surface area contributed by atoms with Gasteiger partial charge in [0, 0.05) is 12.8 Å². The van der Waals surface area contributed by atoms with Crippen molar-refractivity contribution >= 4 is 17.8 Å². The fraction of sp³-hybridized carbons (Fsp3) is 0.450. The van der Waals surface area contributed by atoms with Gasteiger partial charge in [0.15, 0.2) is 0 Å². The minimum absolute atomic E-state index is 0.0770. The van der Waals surface area contributed by atoms with Crippen LogP contribution in [0.2, 0.25) is 0 Å². The molecule has 0 N–H and O–H groups in total. The minimum atomic E-state index is -1.02. The van der Waals surface area contributed by atoms with Gasteiger partial charge in [0.1, 0.15) is 0 Å². The van der Waals surface area contributed by atoms with Gasteiger partial charge in [-0.1, -0.05) is 50.3 Å². The van der Waals surface area contributed by atoms with E-state index in [1.165, 1.54) is 6.08 Å². The summed E-state index contributed by atoms with van der Waals surface area (Å²) in [4.78, 5) is 41.3. The molecule has 1 heterocycles. The number of hydrogen-bond donors (Lipinski definition) is 0. The highest BCUT2D eigenvalue weighted by atomic mass is 16.7. The maximum absolute atomic E-state index is 12.7. The minimum Gasteiger partial charge on any atom is -0.329 e. The van der Waals surface area contributed by atoms with Crippen LogP contribution < -0.4 is 0 Å². The smallest absolute Gasteiger partial charge is 0.329 e. The lowest BCUT2D eigenvalue weighted by atomic mass is 9.68. The summed E-state index contributed by atoms with van der Waals surface area (Å²) in [6.07, 6.45) is 2.97. The van der Waals surface area contributed by atoms with Gasteiger partial charge < -0.3 is 4.84 Å². The Bertz CT molecular complexity index is 668. The summed E-state index contributed by atoms with van der Waals surface area (Å²) in [7, 11) is 0. The van der Waals surface area contributed by atoms with Crippen molar-refractivity contribution < 1.29 is 19.2 Å². The van der Waals surface area contributed by atoms with E-state index in [4.69, 9.17) is 4.84 Å². The number of nitrogens with zero attached hydrogens (tertiary/aromatic N) is 1. The third kappa shape index (κ3) is 3.81. The first kappa shape index (κ1) is 18.9. The molecule has 1 aliphatic heterocycles. The zero-order valence-corrected chi connectivity index (χ0v) is 15.1. The van der Waals surface area contributed by atoms with E-state index < -0.39 is 23.2 Å². The maximum atomic E-state index is 12.7. The van der Waals surface area contributed by atoms with Crippen LogP contribution in [0.4, 0.5) is 0 Å². The molecule has 0 bridgehead atoms. The van der Waals surface area contributed by atoms with Crippen LogP contribution in [0.25, 0.3) is 0 Å². The molecular weight excluding hydrogens is 318 g/mol. The molecule has 2 amide bonds. The van der Waals surface area contributed by atoms with Crippen molar-refractivity contribution in [3.63, 3.8) is 0 Å². The standard InChI is InChI=1S/C20H25NO4/c1-5-19(3,15-10-8-7-9-11-15)14-20(4,6-2)18(24)25-21-16(22)12-13-17(21)23/h6-11H,2,5,12-14H2,1,3-4H3. The molecule has 1 aromatic carbocycles. The Kier molecular flexibility index (Phi) is 5.45. The summed E-state index contributed by atoms with van der Waals surface area (Å²) < 4.78 is 0. The molecule has 1 aromatic rings. The molecule has 0 radical (unpaired) electrons. The molecule has 5 heteroatoms. The van der Waals surface area contributed by atoms with Crippen LogP contribution in [0.15, 0.2) is 43.0 Å². The van der Waals surface area contributed by atoms with E-state index in [1.54, 1.807) is 6.92 Å². The highest BCUT2D eigenvalue weighted by Crippen LogP contribution is 2.41. The maximum Gasteiger partial charge on any atom is 0.342 e. The van der Waals surface area contributed by atoms with Crippen LogP contribution >= 0.6 is 0 Å². The third-order valence-electron chi connectivity index (χ3n) is 5.11. The van der Waals surface area contributed by atoms with Gasteiger partial charge in [-0.2, -0.15) is 0 Å². The van der Waals surface area contributed by atoms with Crippen LogP contribution in [-0.2, 0) is 24.6 Å². The summed E-state index contributed by atoms with van der Waals surface area (Å²) >= 11 is 0. The molecular formula is C20H25NO4. The van der Waals surface area contributed by atoms with Gasteiger partial charge in [0.2, 0.25) is 0 Å². The van der Waals surface area contributed by atoms with Crippen molar-refractivity contribution in [3.8, 4) is 0 Å². The first-order chi connectivity index (χ1) is 11.8. The fourth-order valence-corrected chi connectivity index (χ4v) is 3.15. The van der Waals surface area contributed by atoms with Crippen LogP contribution in [0.3, 0.4) is 0 Å². The summed E-state index contributed by atoms with van der Waals surface area (Å²) in [5.41, 5.74) is -0.182. The Morgan fingerprint density at radius 1 is 1.20 bits per heavy atom. The summed E-state index contributed by atoms with van der Waals surface area (Å²) in [6, 6.07) is 9.95. The summed E-state index contributed by atoms with van der Waals surface area (Å²) in [5, 5.41) is 0.593. The van der Waals surface area contributed by atoms with Crippen LogP contribution in [0.5, 0.6) is 0 Å². The van der Waals surface area contributed by atoms with Crippen molar-refractivity contribution in [2.75, 3.05) is 0 Å². The van der Waals surface area contributed by atoms with E-state index in [-0.39, 0.29) is 18.3 Å². The molecule has 1 fully saturated rings. The lowest BCUT2D eigenvalue weighted by molar-refractivity contribution is -0.203. The lowest BCUT2D eigenvalue weighted by Gasteiger charge is -2.36. The van der Waals surface area contributed by atoms with Gasteiger partial charge in [-0.05, 0) is 30.7 Å². The number of imide groups is 1. The molecule has 0 spiro atoms. The number of hydroxylamine groups is 2. The van der Waals surface area contributed by atoms with Crippen LogP contribution in [0, 0.1) is 5.41 Å². The molecule has 134 valence electrons. The second-order valence-electron chi connectivity index (χ2n) is 7.04. The highest BCUT2D eigenvalue weighted by Gasteiger charge is 2.43. The van der Waals surface area contributed by atoms with Gasteiger partial charge in [0.05, 0.1) is 5.41 Å². The molecule has 2 unspecified atom stereocenters. The van der Waals surface area contributed by atoms with E-state index in [0.29, 0.717) is 11.5 Å². The summed E-state index contributed by atoms with van der Waals surface area (Å²) in [6.45, 7) is 9.67. The fourth-order valence-electron chi connectivity index (χ4n) is 3.15. The number of amides is 2. The Balaban J connectivity index is 2.23. The molecule has 5 nitrogen and oxygen atoms in total. The van der Waals surface area contributed by atoms with Gasteiger partial charge in [-0.25, -0.2) is 4.79 Å². The Morgan fingerprint density at radius 3 is 2.24 bits per heavy atom. The second kappa shape index (κ2) is 7.21. The Labute approximate surface area is 148 Å². The van der Waals surface area contributed by atoms with Crippen molar-refractivity contribution in [3.05, 3.63) is 48.6 Å². The van der Waals surface area contributed by atoms with Gasteiger partial charge in [-0.15, -0.1) is 11.6 Å². The van der Waals surface area contributed by atoms with Crippen molar-refractivity contribution in [1.82, 2.24) is 5.06 Å². The Morgan fingerprint density at radius 2 is 1.76 bits per heavy atom. The molecule has 1 aliphatic rings. The molecule has 2 rings (SSSR count). The predicted molar refractivity (Wildman–Crippen MR) is 94.2 cm³/mol. The zero-order valence-electron chi connectivity index (χ0n) is 15.1. The van der Waals surface area contributed by atoms with E-state index in [1.807, 2.05) is 30.3 Å². The van der Waals surface area contributed by atoms with Crippen molar-refractivity contribution in [1.29, 1.82) is 0 Å². The average Bonchev–Trinajstić information content (AvgIpc) is 2.94. The third-order valence-corrected chi connectivity index (χ3v) is 5.11. The van der Waals surface area contributed by atoms with Crippen LogP contribution in [-0.4, -0.2) is 22.8 Å². The first-order valence-electron chi connectivity index (χ1n) is 8.53. The molecule has 25 heavy (non-hydrogen) atoms. The predicted octanol–water partition coefficient (Wildman–Crippen LogP) is 3.54. The first-order valence-corrected chi connectivity index (χ1v) is 8.53. The van der Waals surface area contributed by atoms with Crippen LogP contribution in [0.1, 0.15) is 52.0 Å². The second-order valence-corrected chi connectivity index (χ2v) is 7.04. The SMILES string of the molecule is C=CC(C)(CC(C)(CC)c1ccccc1)C(=O)ON1C(=O)CCC1=O. The monoisotopic (exact) mass is 343 g/mol. The molecule has 1 saturated heterocycles. The molecule has 0 aromatic heterocycles. The number of carbonyl (C=O) groups excluding carboxylic acids is 3. The largest absolute Gasteiger partial charge is 0.342 e. The molecule has 0 aliphatic carbocycles. The number of benzene rings is 1. The average molecular weight is 343 g/mol. The normalized spacial score (nSPS) is 19.2. The number of carbonyl (C=O) groups is 3. The quantitative estimate of drug-likeness (QED) is 0.561. The van der Waals surface area contributed by atoms with Gasteiger partial charge >= 0.3 is 5.97 Å². The summed E-state index contributed by atoms with van der Waals surface area (Å²) in [5.74, 6) is -1.60. The number of rotatable bonds is 7. The van der Waals surface area contributed by atoms with Gasteiger partial charge in [0.25, 0.3) is 11.8 Å². The van der Waals surface area contributed by atoms with Crippen molar-refractivity contribution in [2.24, 2.45) is 5.41 Å². The molecule has 2 atom stereocenters. The van der Waals surface area contributed by atoms with Crippen molar-refractivity contribution in [2.45, 2.75) is 51.9 Å². The topological polar surface area (TPSA) is 63.7 Å². The zero-order chi connectivity index (χ0) is 18.7. The molecule has 0 saturated carbocycles. The lowest BCUT2D eigenvalue weighted by Crippen LogP contribution is -2.41. The Hall–Kier alpha value is -2.43. The number of hydrogen-bond acceptors (Lipinski definition) is 4. The highest BCUT2D eigenvalue weighted by molar-refractivity contribution is 6.01. The van der Waals surface area contributed by atoms with E-state index in [0.717, 1.165) is 12.0 Å². The van der Waals surface area contributed by atoms with E-state index in [2.05, 4.69) is 20.4 Å². The van der Waals surface area contributed by atoms with Gasteiger partial charge in [-0.3, -0.25) is 9.59 Å².